The lowest BCUT2D eigenvalue weighted by Gasteiger charge is -2.32. The van der Waals surface area contributed by atoms with Gasteiger partial charge in [0.15, 0.2) is 0 Å². The maximum absolute atomic E-state index is 12.8. The first-order valence-electron chi connectivity index (χ1n) is 14.3. The molecule has 0 aromatic heterocycles. The van der Waals surface area contributed by atoms with E-state index in [1.807, 2.05) is 84.9 Å². The van der Waals surface area contributed by atoms with E-state index in [-0.39, 0.29) is 31.1 Å². The van der Waals surface area contributed by atoms with Gasteiger partial charge in [-0.2, -0.15) is 0 Å². The molecule has 0 saturated heterocycles. The van der Waals surface area contributed by atoms with Crippen LogP contribution in [-0.4, -0.2) is 77.8 Å². The van der Waals surface area contributed by atoms with E-state index in [0.717, 1.165) is 11.1 Å². The summed E-state index contributed by atoms with van der Waals surface area (Å²) >= 11 is 0. The molecule has 0 heterocycles. The quantitative estimate of drug-likeness (QED) is 0.203. The van der Waals surface area contributed by atoms with Crippen LogP contribution >= 0.6 is 0 Å². The van der Waals surface area contributed by atoms with Gasteiger partial charge in [-0.25, -0.2) is 0 Å². The fourth-order valence-corrected chi connectivity index (χ4v) is 4.72. The number of hydrogen-bond donors (Lipinski definition) is 3. The molecule has 43 heavy (non-hydrogen) atoms. The molecule has 0 radical (unpaired) electrons. The Labute approximate surface area is 253 Å². The smallest absolute Gasteiger partial charge is 0.255 e. The maximum atomic E-state index is 12.8. The van der Waals surface area contributed by atoms with Crippen LogP contribution in [0.15, 0.2) is 109 Å². The fraction of sp³-hybridized carbons (Fsp3) is 0.257. The van der Waals surface area contributed by atoms with Gasteiger partial charge >= 0.3 is 0 Å². The van der Waals surface area contributed by atoms with Gasteiger partial charge in [-0.05, 0) is 66.1 Å². The minimum Gasteiger partial charge on any atom is -0.491 e. The predicted octanol–water partition coefficient (Wildman–Crippen LogP) is 4.49. The number of carbonyl (C=O) groups is 2. The third kappa shape index (κ3) is 9.51. The number of anilines is 1. The van der Waals surface area contributed by atoms with Crippen LogP contribution in [0.4, 0.5) is 5.69 Å². The molecule has 8 nitrogen and oxygen atoms in total. The topological polar surface area (TPSA) is 102 Å². The third-order valence-electron chi connectivity index (χ3n) is 7.07. The van der Waals surface area contributed by atoms with Crippen molar-refractivity contribution >= 4 is 17.5 Å². The first-order chi connectivity index (χ1) is 20.8. The summed E-state index contributed by atoms with van der Waals surface area (Å²) < 4.78 is 5.76. The summed E-state index contributed by atoms with van der Waals surface area (Å²) in [6.07, 6.45) is -0.212. The van der Waals surface area contributed by atoms with Gasteiger partial charge in [-0.3, -0.25) is 14.5 Å². The van der Waals surface area contributed by atoms with E-state index in [1.54, 1.807) is 38.4 Å². The van der Waals surface area contributed by atoms with E-state index in [4.69, 9.17) is 4.74 Å². The molecule has 0 aliphatic carbocycles. The minimum absolute atomic E-state index is 0.0933. The van der Waals surface area contributed by atoms with Crippen molar-refractivity contribution in [3.63, 3.8) is 0 Å². The van der Waals surface area contributed by atoms with Gasteiger partial charge in [0.25, 0.3) is 11.8 Å². The number of benzene rings is 4. The molecule has 0 unspecified atom stereocenters. The van der Waals surface area contributed by atoms with Crippen LogP contribution in [0.25, 0.3) is 0 Å². The molecule has 0 aliphatic rings. The highest BCUT2D eigenvalue weighted by Gasteiger charge is 2.22. The standard InChI is InChI=1S/C35H39N3O5/c1-37(2)35(42)29-17-15-28(16-18-29)34(41)36-30-19-13-26(14-20-30)21-31(24-39)38(22-27-9-5-3-6-10-27)23-32(40)25-43-33-11-7-4-8-12-33/h3-20,31-32,39-40H,21-25H2,1-2H3,(H,36,41)/t31-,32-/m0/s1. The minimum atomic E-state index is -0.759. The Kier molecular flexibility index (Phi) is 11.4. The molecular formula is C35H39N3O5. The summed E-state index contributed by atoms with van der Waals surface area (Å²) in [5.41, 5.74) is 3.66. The van der Waals surface area contributed by atoms with Crippen molar-refractivity contribution in [3.05, 3.63) is 131 Å². The summed E-state index contributed by atoms with van der Waals surface area (Å²) in [6, 6.07) is 33.1. The molecule has 8 heteroatoms. The van der Waals surface area contributed by atoms with Crippen LogP contribution < -0.4 is 10.1 Å². The molecule has 4 aromatic carbocycles. The van der Waals surface area contributed by atoms with E-state index in [9.17, 15) is 19.8 Å². The van der Waals surface area contributed by atoms with E-state index in [0.29, 0.717) is 42.1 Å². The van der Waals surface area contributed by atoms with Crippen molar-refractivity contribution in [2.24, 2.45) is 0 Å². The molecule has 0 aliphatic heterocycles. The Balaban J connectivity index is 1.39. The third-order valence-corrected chi connectivity index (χ3v) is 7.07. The molecular weight excluding hydrogens is 542 g/mol. The summed E-state index contributed by atoms with van der Waals surface area (Å²) in [7, 11) is 3.36. The number of para-hydroxylation sites is 1. The van der Waals surface area contributed by atoms with Gasteiger partial charge in [0.05, 0.1) is 6.61 Å². The van der Waals surface area contributed by atoms with Crippen molar-refractivity contribution in [2.75, 3.05) is 39.2 Å². The number of hydrogen-bond acceptors (Lipinski definition) is 6. The Morgan fingerprint density at radius 1 is 0.791 bits per heavy atom. The monoisotopic (exact) mass is 581 g/mol. The van der Waals surface area contributed by atoms with Gasteiger partial charge in [0.1, 0.15) is 18.5 Å². The van der Waals surface area contributed by atoms with Crippen LogP contribution in [0, 0.1) is 0 Å². The summed E-state index contributed by atoms with van der Waals surface area (Å²) in [6.45, 7) is 0.919. The zero-order valence-electron chi connectivity index (χ0n) is 24.6. The predicted molar refractivity (Wildman–Crippen MR) is 168 cm³/mol. The van der Waals surface area contributed by atoms with Crippen LogP contribution in [0.2, 0.25) is 0 Å². The van der Waals surface area contributed by atoms with Gasteiger partial charge in [0.2, 0.25) is 0 Å². The van der Waals surface area contributed by atoms with E-state index in [1.165, 1.54) is 4.90 Å². The normalized spacial score (nSPS) is 12.4. The van der Waals surface area contributed by atoms with E-state index < -0.39 is 6.10 Å². The second-order valence-corrected chi connectivity index (χ2v) is 10.7. The van der Waals surface area contributed by atoms with Crippen LogP contribution in [0.1, 0.15) is 31.8 Å². The Bertz CT molecular complexity index is 1430. The lowest BCUT2D eigenvalue weighted by Crippen LogP contribution is -2.44. The zero-order valence-corrected chi connectivity index (χ0v) is 24.6. The fourth-order valence-electron chi connectivity index (χ4n) is 4.72. The van der Waals surface area contributed by atoms with E-state index in [2.05, 4.69) is 10.2 Å². The van der Waals surface area contributed by atoms with Gasteiger partial charge in [-0.1, -0.05) is 60.7 Å². The van der Waals surface area contributed by atoms with Crippen molar-refractivity contribution in [2.45, 2.75) is 25.1 Å². The summed E-state index contributed by atoms with van der Waals surface area (Å²) in [5.74, 6) is 0.296. The van der Waals surface area contributed by atoms with Crippen LogP contribution in [0.3, 0.4) is 0 Å². The molecule has 3 N–H and O–H groups in total. The number of nitrogens with one attached hydrogen (secondary N) is 1. The second-order valence-electron chi connectivity index (χ2n) is 10.7. The van der Waals surface area contributed by atoms with Crippen LogP contribution in [0.5, 0.6) is 5.75 Å². The Morgan fingerprint density at radius 3 is 2.00 bits per heavy atom. The number of carbonyl (C=O) groups excluding carboxylic acids is 2. The molecule has 4 rings (SSSR count). The highest BCUT2D eigenvalue weighted by molar-refractivity contribution is 6.05. The average molecular weight is 582 g/mol. The summed E-state index contributed by atoms with van der Waals surface area (Å²) in [4.78, 5) is 28.4. The lowest BCUT2D eigenvalue weighted by molar-refractivity contribution is 0.0335. The van der Waals surface area contributed by atoms with E-state index >= 15 is 0 Å². The number of amides is 2. The first-order valence-corrected chi connectivity index (χ1v) is 14.3. The number of aliphatic hydroxyl groups is 2. The van der Waals surface area contributed by atoms with Crippen LogP contribution in [-0.2, 0) is 13.0 Å². The molecule has 2 amide bonds. The van der Waals surface area contributed by atoms with Crippen molar-refractivity contribution in [1.82, 2.24) is 9.80 Å². The number of aliphatic hydroxyl groups excluding tert-OH is 2. The molecule has 4 aromatic rings. The highest BCUT2D eigenvalue weighted by Crippen LogP contribution is 2.18. The SMILES string of the molecule is CN(C)C(=O)c1ccc(C(=O)Nc2ccc(C[C@@H](CO)N(Cc3ccccc3)C[C@H](O)COc3ccccc3)cc2)cc1. The molecule has 0 saturated carbocycles. The maximum Gasteiger partial charge on any atom is 0.255 e. The average Bonchev–Trinajstić information content (AvgIpc) is 3.03. The second kappa shape index (κ2) is 15.7. The van der Waals surface area contributed by atoms with Crippen molar-refractivity contribution in [1.29, 1.82) is 0 Å². The molecule has 0 fully saturated rings. The van der Waals surface area contributed by atoms with Gasteiger partial charge in [0, 0.05) is 50.0 Å². The number of rotatable bonds is 14. The first kappa shape index (κ1) is 31.4. The molecule has 0 spiro atoms. The Morgan fingerprint density at radius 2 is 1.40 bits per heavy atom. The lowest BCUT2D eigenvalue weighted by atomic mass is 10.0. The van der Waals surface area contributed by atoms with Gasteiger partial charge in [-0.15, -0.1) is 0 Å². The Hall–Kier alpha value is -4.50. The van der Waals surface area contributed by atoms with Crippen molar-refractivity contribution in [3.8, 4) is 5.75 Å². The zero-order chi connectivity index (χ0) is 30.6. The summed E-state index contributed by atoms with van der Waals surface area (Å²) in [5, 5.41) is 24.1. The molecule has 2 atom stereocenters. The highest BCUT2D eigenvalue weighted by atomic mass is 16.5. The van der Waals surface area contributed by atoms with Gasteiger partial charge < -0.3 is 25.2 Å². The molecule has 0 bridgehead atoms. The number of nitrogens with zero attached hydrogens (tertiary/aromatic N) is 2. The number of ether oxygens (including phenoxy) is 1. The van der Waals surface area contributed by atoms with Crippen molar-refractivity contribution < 1.29 is 24.5 Å². The molecule has 224 valence electrons. The largest absolute Gasteiger partial charge is 0.491 e.